The molecule has 0 aliphatic carbocycles. The van der Waals surface area contributed by atoms with Crippen LogP contribution in [0.2, 0.25) is 0 Å². The maximum atomic E-state index is 12.7. The molecule has 4 nitrogen and oxygen atoms in total. The van der Waals surface area contributed by atoms with Crippen molar-refractivity contribution in [1.82, 2.24) is 0 Å². The van der Waals surface area contributed by atoms with E-state index in [2.05, 4.69) is 0 Å². The molecule has 1 unspecified atom stereocenters. The van der Waals surface area contributed by atoms with E-state index in [0.717, 1.165) is 11.3 Å². The quantitative estimate of drug-likeness (QED) is 0.813. The SMILES string of the molecule is COC(=O)CC1c2ccccc2C(=O)N1c1ccccc1. The van der Waals surface area contributed by atoms with Crippen molar-refractivity contribution in [2.45, 2.75) is 12.5 Å². The first-order valence-corrected chi connectivity index (χ1v) is 6.76. The van der Waals surface area contributed by atoms with E-state index in [1.54, 1.807) is 11.0 Å². The molecule has 1 aliphatic rings. The highest BCUT2D eigenvalue weighted by atomic mass is 16.5. The molecule has 21 heavy (non-hydrogen) atoms. The fraction of sp³-hybridized carbons (Fsp3) is 0.176. The van der Waals surface area contributed by atoms with Crippen molar-refractivity contribution in [2.75, 3.05) is 12.0 Å². The molecule has 1 atom stereocenters. The Balaban J connectivity index is 2.06. The summed E-state index contributed by atoms with van der Waals surface area (Å²) < 4.78 is 4.77. The van der Waals surface area contributed by atoms with Crippen molar-refractivity contribution in [3.05, 3.63) is 65.7 Å². The normalized spacial score (nSPS) is 16.7. The number of benzene rings is 2. The highest BCUT2D eigenvalue weighted by Gasteiger charge is 2.38. The van der Waals surface area contributed by atoms with Gasteiger partial charge < -0.3 is 9.64 Å². The molecule has 2 aromatic rings. The molecule has 0 fully saturated rings. The molecule has 0 saturated heterocycles. The third-order valence-electron chi connectivity index (χ3n) is 3.70. The Morgan fingerprint density at radius 2 is 1.76 bits per heavy atom. The summed E-state index contributed by atoms with van der Waals surface area (Å²) in [5.74, 6) is -0.406. The second kappa shape index (κ2) is 5.40. The van der Waals surface area contributed by atoms with Crippen LogP contribution in [0.25, 0.3) is 0 Å². The molecule has 1 amide bonds. The van der Waals surface area contributed by atoms with Crippen LogP contribution in [0.3, 0.4) is 0 Å². The van der Waals surface area contributed by atoms with Gasteiger partial charge in [0.15, 0.2) is 0 Å². The lowest BCUT2D eigenvalue weighted by atomic mass is 10.0. The van der Waals surface area contributed by atoms with Gasteiger partial charge in [0.1, 0.15) is 0 Å². The van der Waals surface area contributed by atoms with Gasteiger partial charge >= 0.3 is 5.97 Å². The van der Waals surface area contributed by atoms with Crippen molar-refractivity contribution < 1.29 is 14.3 Å². The summed E-state index contributed by atoms with van der Waals surface area (Å²) in [4.78, 5) is 26.0. The van der Waals surface area contributed by atoms with Gasteiger partial charge in [0.05, 0.1) is 19.6 Å². The predicted octanol–water partition coefficient (Wildman–Crippen LogP) is 2.95. The highest BCUT2D eigenvalue weighted by molar-refractivity contribution is 6.11. The smallest absolute Gasteiger partial charge is 0.307 e. The fourth-order valence-electron chi connectivity index (χ4n) is 2.72. The Bertz CT molecular complexity index is 681. The molecule has 3 rings (SSSR count). The van der Waals surface area contributed by atoms with Gasteiger partial charge in [-0.25, -0.2) is 0 Å². The molecule has 2 aromatic carbocycles. The van der Waals surface area contributed by atoms with E-state index in [1.807, 2.05) is 48.5 Å². The zero-order chi connectivity index (χ0) is 14.8. The van der Waals surface area contributed by atoms with Crippen LogP contribution in [-0.4, -0.2) is 19.0 Å². The minimum atomic E-state index is -0.328. The van der Waals surface area contributed by atoms with Gasteiger partial charge in [-0.15, -0.1) is 0 Å². The summed E-state index contributed by atoms with van der Waals surface area (Å²) in [7, 11) is 1.36. The van der Waals surface area contributed by atoms with Gasteiger partial charge in [0, 0.05) is 11.3 Å². The Hall–Kier alpha value is -2.62. The van der Waals surface area contributed by atoms with Crippen molar-refractivity contribution in [3.63, 3.8) is 0 Å². The number of hydrogen-bond acceptors (Lipinski definition) is 3. The Morgan fingerprint density at radius 1 is 1.10 bits per heavy atom. The molecule has 0 saturated carbocycles. The summed E-state index contributed by atoms with van der Waals surface area (Å²) in [6.07, 6.45) is 0.147. The van der Waals surface area contributed by atoms with Crippen LogP contribution in [0.15, 0.2) is 54.6 Å². The van der Waals surface area contributed by atoms with Crippen LogP contribution in [0.1, 0.15) is 28.4 Å². The number of hydrogen-bond donors (Lipinski definition) is 0. The predicted molar refractivity (Wildman–Crippen MR) is 79.1 cm³/mol. The number of nitrogens with zero attached hydrogens (tertiary/aromatic N) is 1. The number of amides is 1. The molecule has 0 radical (unpaired) electrons. The monoisotopic (exact) mass is 281 g/mol. The summed E-state index contributed by atoms with van der Waals surface area (Å²) in [5, 5.41) is 0. The molecule has 0 aromatic heterocycles. The number of esters is 1. The van der Waals surface area contributed by atoms with Crippen molar-refractivity contribution in [3.8, 4) is 0 Å². The van der Waals surface area contributed by atoms with Crippen molar-refractivity contribution in [2.24, 2.45) is 0 Å². The van der Waals surface area contributed by atoms with Crippen molar-refractivity contribution >= 4 is 17.6 Å². The number of para-hydroxylation sites is 1. The Kier molecular flexibility index (Phi) is 3.44. The van der Waals surface area contributed by atoms with E-state index >= 15 is 0 Å². The summed E-state index contributed by atoms with van der Waals surface area (Å²) in [6.45, 7) is 0. The van der Waals surface area contributed by atoms with Gasteiger partial charge in [-0.2, -0.15) is 0 Å². The lowest BCUT2D eigenvalue weighted by Crippen LogP contribution is -2.29. The third kappa shape index (κ3) is 2.29. The molecule has 1 heterocycles. The molecule has 0 N–H and O–H groups in total. The maximum Gasteiger partial charge on any atom is 0.307 e. The van der Waals surface area contributed by atoms with Crippen LogP contribution in [0.5, 0.6) is 0 Å². The van der Waals surface area contributed by atoms with Crippen LogP contribution in [0.4, 0.5) is 5.69 Å². The lowest BCUT2D eigenvalue weighted by molar-refractivity contribution is -0.141. The van der Waals surface area contributed by atoms with Gasteiger partial charge in [-0.05, 0) is 23.8 Å². The fourth-order valence-corrected chi connectivity index (χ4v) is 2.72. The van der Waals surface area contributed by atoms with Crippen LogP contribution >= 0.6 is 0 Å². The number of carbonyl (C=O) groups excluding carboxylic acids is 2. The minimum Gasteiger partial charge on any atom is -0.469 e. The van der Waals surface area contributed by atoms with Crippen LogP contribution < -0.4 is 4.90 Å². The molecular weight excluding hydrogens is 266 g/mol. The maximum absolute atomic E-state index is 12.7. The first-order chi connectivity index (χ1) is 10.2. The van der Waals surface area contributed by atoms with E-state index in [9.17, 15) is 9.59 Å². The largest absolute Gasteiger partial charge is 0.469 e. The van der Waals surface area contributed by atoms with E-state index in [1.165, 1.54) is 7.11 Å². The van der Waals surface area contributed by atoms with E-state index < -0.39 is 0 Å². The Labute approximate surface area is 123 Å². The highest BCUT2D eigenvalue weighted by Crippen LogP contribution is 2.39. The zero-order valence-corrected chi connectivity index (χ0v) is 11.7. The lowest BCUT2D eigenvalue weighted by Gasteiger charge is -2.24. The average Bonchev–Trinajstić information content (AvgIpc) is 2.81. The second-order valence-corrected chi connectivity index (χ2v) is 4.89. The number of fused-ring (bicyclic) bond motifs is 1. The molecule has 106 valence electrons. The zero-order valence-electron chi connectivity index (χ0n) is 11.7. The Morgan fingerprint density at radius 3 is 2.48 bits per heavy atom. The van der Waals surface area contributed by atoms with Gasteiger partial charge in [-0.1, -0.05) is 36.4 Å². The summed E-state index contributed by atoms with van der Waals surface area (Å²) >= 11 is 0. The standard InChI is InChI=1S/C17H15NO3/c1-21-16(19)11-15-13-9-5-6-10-14(13)17(20)18(15)12-7-3-2-4-8-12/h2-10,15H,11H2,1H3. The van der Waals surface area contributed by atoms with E-state index in [-0.39, 0.29) is 24.3 Å². The first kappa shape index (κ1) is 13.4. The number of rotatable bonds is 3. The molecule has 4 heteroatoms. The van der Waals surface area contributed by atoms with E-state index in [0.29, 0.717) is 5.56 Å². The average molecular weight is 281 g/mol. The topological polar surface area (TPSA) is 46.6 Å². The van der Waals surface area contributed by atoms with Crippen LogP contribution in [0, 0.1) is 0 Å². The number of ether oxygens (including phenoxy) is 1. The van der Waals surface area contributed by atoms with Crippen molar-refractivity contribution in [1.29, 1.82) is 0 Å². The molecule has 0 bridgehead atoms. The molecular formula is C17H15NO3. The molecule has 1 aliphatic heterocycles. The van der Waals surface area contributed by atoms with Gasteiger partial charge in [0.2, 0.25) is 0 Å². The van der Waals surface area contributed by atoms with Crippen LogP contribution in [-0.2, 0) is 9.53 Å². The minimum absolute atomic E-state index is 0.0781. The van der Waals surface area contributed by atoms with Gasteiger partial charge in [-0.3, -0.25) is 9.59 Å². The number of carbonyl (C=O) groups is 2. The first-order valence-electron chi connectivity index (χ1n) is 6.76. The van der Waals surface area contributed by atoms with Gasteiger partial charge in [0.25, 0.3) is 5.91 Å². The summed E-state index contributed by atoms with van der Waals surface area (Å²) in [6, 6.07) is 16.5. The summed E-state index contributed by atoms with van der Waals surface area (Å²) in [5.41, 5.74) is 2.31. The third-order valence-corrected chi connectivity index (χ3v) is 3.70. The molecule has 0 spiro atoms. The number of anilines is 1. The second-order valence-electron chi connectivity index (χ2n) is 4.89. The van der Waals surface area contributed by atoms with E-state index in [4.69, 9.17) is 4.74 Å². The number of methoxy groups -OCH3 is 1.